The lowest BCUT2D eigenvalue weighted by Gasteiger charge is -2.53. The number of amides is 2. The van der Waals surface area contributed by atoms with Crippen LogP contribution in [0, 0.1) is 5.92 Å². The second kappa shape index (κ2) is 9.41. The number of carbonyl (C=O) groups excluding carboxylic acids is 2. The molecule has 5 nitrogen and oxygen atoms in total. The SMILES string of the molecule is C=CCN1C(=O)[C@@H](C(=O)N(Cc2ccccc2)Cc2ccccc2)[C@H]2C[C@]1(C)Oc1ccccc12. The fourth-order valence-electron chi connectivity index (χ4n) is 5.42. The van der Waals surface area contributed by atoms with Gasteiger partial charge in [0.2, 0.25) is 11.8 Å². The molecule has 0 radical (unpaired) electrons. The van der Waals surface area contributed by atoms with Gasteiger partial charge >= 0.3 is 0 Å². The Labute approximate surface area is 206 Å². The van der Waals surface area contributed by atoms with Crippen molar-refractivity contribution in [2.24, 2.45) is 5.92 Å². The van der Waals surface area contributed by atoms with Gasteiger partial charge in [0.1, 0.15) is 11.7 Å². The van der Waals surface area contributed by atoms with E-state index in [9.17, 15) is 9.59 Å². The normalized spacial score (nSPS) is 22.7. The lowest BCUT2D eigenvalue weighted by molar-refractivity contribution is -0.177. The van der Waals surface area contributed by atoms with Gasteiger partial charge in [-0.1, -0.05) is 84.9 Å². The quantitative estimate of drug-likeness (QED) is 0.358. The minimum absolute atomic E-state index is 0.152. The van der Waals surface area contributed by atoms with Crippen molar-refractivity contribution in [1.82, 2.24) is 9.80 Å². The number of benzene rings is 3. The van der Waals surface area contributed by atoms with Crippen LogP contribution in [-0.4, -0.2) is 33.9 Å². The molecule has 3 atom stereocenters. The van der Waals surface area contributed by atoms with Crippen molar-refractivity contribution in [3.05, 3.63) is 114 Å². The summed E-state index contributed by atoms with van der Waals surface area (Å²) in [7, 11) is 0. The number of para-hydroxylation sites is 1. The number of hydrogen-bond acceptors (Lipinski definition) is 3. The van der Waals surface area contributed by atoms with E-state index in [-0.39, 0.29) is 17.7 Å². The highest BCUT2D eigenvalue weighted by atomic mass is 16.5. The molecule has 0 N–H and O–H groups in total. The van der Waals surface area contributed by atoms with E-state index in [1.54, 1.807) is 11.0 Å². The summed E-state index contributed by atoms with van der Waals surface area (Å²) >= 11 is 0. The van der Waals surface area contributed by atoms with Gasteiger partial charge in [0.05, 0.1) is 0 Å². The van der Waals surface area contributed by atoms with Crippen LogP contribution in [0.2, 0.25) is 0 Å². The first kappa shape index (κ1) is 22.9. The second-order valence-electron chi connectivity index (χ2n) is 9.51. The van der Waals surface area contributed by atoms with E-state index < -0.39 is 11.6 Å². The topological polar surface area (TPSA) is 49.9 Å². The van der Waals surface area contributed by atoms with Crippen LogP contribution in [0.3, 0.4) is 0 Å². The summed E-state index contributed by atoms with van der Waals surface area (Å²) < 4.78 is 6.34. The van der Waals surface area contributed by atoms with Gasteiger partial charge in [-0.2, -0.15) is 0 Å². The zero-order valence-corrected chi connectivity index (χ0v) is 20.0. The van der Waals surface area contributed by atoms with E-state index in [1.165, 1.54) is 0 Å². The first-order valence-electron chi connectivity index (χ1n) is 12.1. The summed E-state index contributed by atoms with van der Waals surface area (Å²) in [4.78, 5) is 31.7. The van der Waals surface area contributed by atoms with Crippen LogP contribution in [0.15, 0.2) is 97.6 Å². The van der Waals surface area contributed by atoms with Crippen molar-refractivity contribution >= 4 is 11.8 Å². The molecule has 2 amide bonds. The van der Waals surface area contributed by atoms with Crippen LogP contribution in [0.1, 0.15) is 36.0 Å². The number of fused-ring (bicyclic) bond motifs is 4. The Hall–Kier alpha value is -3.86. The summed E-state index contributed by atoms with van der Waals surface area (Å²) in [6, 6.07) is 27.6. The molecule has 3 aromatic carbocycles. The third-order valence-electron chi connectivity index (χ3n) is 7.07. The highest BCUT2D eigenvalue weighted by molar-refractivity contribution is 6.02. The smallest absolute Gasteiger partial charge is 0.239 e. The third kappa shape index (κ3) is 4.34. The van der Waals surface area contributed by atoms with Gasteiger partial charge in [-0.25, -0.2) is 0 Å². The molecule has 0 saturated carbocycles. The van der Waals surface area contributed by atoms with Crippen molar-refractivity contribution in [3.63, 3.8) is 0 Å². The molecular formula is C30H30N2O3. The Bertz CT molecular complexity index is 1190. The maximum Gasteiger partial charge on any atom is 0.239 e. The Morgan fingerprint density at radius 1 is 1.00 bits per heavy atom. The molecule has 2 aliphatic heterocycles. The van der Waals surface area contributed by atoms with Crippen molar-refractivity contribution in [1.29, 1.82) is 0 Å². The number of likely N-dealkylation sites (tertiary alicyclic amines) is 1. The lowest BCUT2D eigenvalue weighted by atomic mass is 9.73. The molecule has 2 aliphatic rings. The highest BCUT2D eigenvalue weighted by Crippen LogP contribution is 2.50. The summed E-state index contributed by atoms with van der Waals surface area (Å²) in [5.74, 6) is -0.682. The van der Waals surface area contributed by atoms with E-state index in [0.717, 1.165) is 22.4 Å². The van der Waals surface area contributed by atoms with Crippen LogP contribution in [0.25, 0.3) is 0 Å². The van der Waals surface area contributed by atoms with E-state index in [2.05, 4.69) is 6.58 Å². The Kier molecular flexibility index (Phi) is 6.16. The molecule has 5 rings (SSSR count). The number of carbonyl (C=O) groups is 2. The van der Waals surface area contributed by atoms with Gasteiger partial charge in [0.25, 0.3) is 0 Å². The Morgan fingerprint density at radius 3 is 2.17 bits per heavy atom. The number of rotatable bonds is 7. The second-order valence-corrected chi connectivity index (χ2v) is 9.51. The maximum atomic E-state index is 14.3. The van der Waals surface area contributed by atoms with Gasteiger partial charge in [-0.05, 0) is 29.7 Å². The van der Waals surface area contributed by atoms with Crippen molar-refractivity contribution < 1.29 is 14.3 Å². The molecule has 2 bridgehead atoms. The van der Waals surface area contributed by atoms with Crippen molar-refractivity contribution in [2.45, 2.75) is 38.1 Å². The largest absolute Gasteiger partial charge is 0.468 e. The molecule has 1 fully saturated rings. The first-order chi connectivity index (χ1) is 17.0. The molecule has 0 spiro atoms. The molecule has 5 heteroatoms. The molecule has 0 unspecified atom stereocenters. The van der Waals surface area contributed by atoms with E-state index in [4.69, 9.17) is 4.74 Å². The van der Waals surface area contributed by atoms with Crippen LogP contribution < -0.4 is 4.74 Å². The zero-order chi connectivity index (χ0) is 24.4. The molecule has 0 aromatic heterocycles. The van der Waals surface area contributed by atoms with E-state index in [1.807, 2.05) is 96.8 Å². The fourth-order valence-corrected chi connectivity index (χ4v) is 5.42. The Morgan fingerprint density at radius 2 is 1.57 bits per heavy atom. The van der Waals surface area contributed by atoms with Gasteiger partial charge in [0.15, 0.2) is 5.72 Å². The van der Waals surface area contributed by atoms with Gasteiger partial charge in [-0.15, -0.1) is 6.58 Å². The van der Waals surface area contributed by atoms with E-state index in [0.29, 0.717) is 26.1 Å². The van der Waals surface area contributed by atoms with Crippen LogP contribution in [0.4, 0.5) is 0 Å². The number of hydrogen-bond donors (Lipinski definition) is 0. The van der Waals surface area contributed by atoms with Crippen LogP contribution in [0.5, 0.6) is 5.75 Å². The summed E-state index contributed by atoms with van der Waals surface area (Å²) in [6.45, 7) is 6.97. The minimum Gasteiger partial charge on any atom is -0.468 e. The van der Waals surface area contributed by atoms with Gasteiger partial charge < -0.3 is 14.5 Å². The number of nitrogens with zero attached hydrogens (tertiary/aromatic N) is 2. The van der Waals surface area contributed by atoms with Crippen molar-refractivity contribution in [2.75, 3.05) is 6.54 Å². The molecule has 3 aromatic rings. The van der Waals surface area contributed by atoms with Crippen LogP contribution >= 0.6 is 0 Å². The highest BCUT2D eigenvalue weighted by Gasteiger charge is 2.56. The summed E-state index contributed by atoms with van der Waals surface area (Å²) in [5.41, 5.74) is 2.17. The molecule has 35 heavy (non-hydrogen) atoms. The predicted molar refractivity (Wildman–Crippen MR) is 135 cm³/mol. The van der Waals surface area contributed by atoms with Crippen LogP contribution in [-0.2, 0) is 22.7 Å². The molecule has 1 saturated heterocycles. The Balaban J connectivity index is 1.55. The fraction of sp³-hybridized carbons (Fsp3) is 0.267. The van der Waals surface area contributed by atoms with Gasteiger partial charge in [-0.3, -0.25) is 9.59 Å². The maximum absolute atomic E-state index is 14.3. The molecule has 178 valence electrons. The molecular weight excluding hydrogens is 436 g/mol. The lowest BCUT2D eigenvalue weighted by Crippen LogP contribution is -2.64. The standard InChI is InChI=1S/C30H30N2O3/c1-3-18-32-29(34)27(25-19-30(32,2)35-26-17-11-10-16-24(25)26)28(33)31(20-22-12-6-4-7-13-22)21-23-14-8-5-9-15-23/h3-17,25,27H,1,18-21H2,2H3/t25-,27+,30-/m0/s1. The molecule has 0 aliphatic carbocycles. The monoisotopic (exact) mass is 466 g/mol. The summed E-state index contributed by atoms with van der Waals surface area (Å²) in [6.07, 6.45) is 2.26. The third-order valence-corrected chi connectivity index (χ3v) is 7.07. The number of piperidine rings is 1. The minimum atomic E-state index is -0.819. The average molecular weight is 467 g/mol. The van der Waals surface area contributed by atoms with Crippen molar-refractivity contribution in [3.8, 4) is 5.75 Å². The average Bonchev–Trinajstić information content (AvgIpc) is 2.87. The van der Waals surface area contributed by atoms with Gasteiger partial charge in [0, 0.05) is 32.0 Å². The first-order valence-corrected chi connectivity index (χ1v) is 12.1. The predicted octanol–water partition coefficient (Wildman–Crippen LogP) is 5.14. The molecule has 2 heterocycles. The number of ether oxygens (including phenoxy) is 1. The zero-order valence-electron chi connectivity index (χ0n) is 20.0. The summed E-state index contributed by atoms with van der Waals surface area (Å²) in [5, 5.41) is 0. The van der Waals surface area contributed by atoms with E-state index >= 15 is 0 Å².